The van der Waals surface area contributed by atoms with E-state index in [0.29, 0.717) is 24.6 Å². The number of amides is 1. The van der Waals surface area contributed by atoms with Crippen molar-refractivity contribution >= 4 is 28.9 Å². The molecule has 1 amide bonds. The first kappa shape index (κ1) is 21.9. The van der Waals surface area contributed by atoms with E-state index >= 15 is 0 Å². The summed E-state index contributed by atoms with van der Waals surface area (Å²) in [6, 6.07) is 27.9. The summed E-state index contributed by atoms with van der Waals surface area (Å²) in [5.74, 6) is 0.760. The van der Waals surface area contributed by atoms with Crippen molar-refractivity contribution in [1.82, 2.24) is 4.90 Å². The third-order valence-electron chi connectivity index (χ3n) is 4.98. The maximum absolute atomic E-state index is 13.4. The molecule has 0 atom stereocenters. The number of ether oxygens (including phenoxy) is 1. The molecule has 0 radical (unpaired) electrons. The van der Waals surface area contributed by atoms with Crippen molar-refractivity contribution in [2.45, 2.75) is 26.4 Å². The molecule has 1 fully saturated rings. The van der Waals surface area contributed by atoms with Crippen molar-refractivity contribution in [3.8, 4) is 5.75 Å². The normalized spacial score (nSPS) is 16.2. The predicted molar refractivity (Wildman–Crippen MR) is 132 cm³/mol. The second kappa shape index (κ2) is 10.8. The van der Waals surface area contributed by atoms with E-state index in [1.165, 1.54) is 11.8 Å². The molecular weight excluding hydrogens is 416 g/mol. The molecular formula is C27H26N2O2S. The van der Waals surface area contributed by atoms with Crippen LogP contribution in [0, 0.1) is 0 Å². The van der Waals surface area contributed by atoms with Crippen molar-refractivity contribution in [3.63, 3.8) is 0 Å². The Labute approximate surface area is 193 Å². The van der Waals surface area contributed by atoms with Gasteiger partial charge in [0, 0.05) is 5.56 Å². The second-order valence-corrected chi connectivity index (χ2v) is 8.47. The van der Waals surface area contributed by atoms with Gasteiger partial charge in [-0.3, -0.25) is 14.7 Å². The topological polar surface area (TPSA) is 41.9 Å². The summed E-state index contributed by atoms with van der Waals surface area (Å²) in [5.41, 5.74) is 3.09. The van der Waals surface area contributed by atoms with Gasteiger partial charge in [-0.2, -0.15) is 0 Å². The van der Waals surface area contributed by atoms with Gasteiger partial charge in [0.2, 0.25) is 0 Å². The van der Waals surface area contributed by atoms with Crippen LogP contribution in [0.3, 0.4) is 0 Å². The highest BCUT2D eigenvalue weighted by molar-refractivity contribution is 8.18. The van der Waals surface area contributed by atoms with Gasteiger partial charge in [-0.15, -0.1) is 0 Å². The summed E-state index contributed by atoms with van der Waals surface area (Å²) in [7, 11) is 0. The Morgan fingerprint density at radius 1 is 0.906 bits per heavy atom. The molecule has 5 heteroatoms. The lowest BCUT2D eigenvalue weighted by Crippen LogP contribution is -2.28. The number of rotatable bonds is 8. The maximum atomic E-state index is 13.4. The highest BCUT2D eigenvalue weighted by Gasteiger charge is 2.33. The second-order valence-electron chi connectivity index (χ2n) is 7.46. The molecule has 1 heterocycles. The van der Waals surface area contributed by atoms with E-state index in [9.17, 15) is 4.79 Å². The summed E-state index contributed by atoms with van der Waals surface area (Å²) < 4.78 is 5.88. The molecule has 3 aromatic carbocycles. The minimum absolute atomic E-state index is 0.0315. The van der Waals surface area contributed by atoms with Crippen molar-refractivity contribution in [1.29, 1.82) is 0 Å². The fourth-order valence-corrected chi connectivity index (χ4v) is 4.32. The SMILES string of the molecule is CCCOc1ccccc1/C=C1/SC(=NCc2ccccc2)N(Cc2ccccc2)C1=O. The smallest absolute Gasteiger partial charge is 0.267 e. The van der Waals surface area contributed by atoms with Gasteiger partial charge < -0.3 is 4.74 Å². The standard InChI is InChI=1S/C27H26N2O2S/c1-2-17-31-24-16-10-9-15-23(24)18-25-26(30)29(20-22-13-7-4-8-14-22)27(32-25)28-19-21-11-5-3-6-12-21/h3-16,18H,2,17,19-20H2,1H3/b25-18+,28-27?. The number of aliphatic imine (C=N–C) groups is 1. The number of hydrogen-bond acceptors (Lipinski definition) is 4. The maximum Gasteiger partial charge on any atom is 0.267 e. The van der Waals surface area contributed by atoms with Gasteiger partial charge in [-0.1, -0.05) is 85.8 Å². The van der Waals surface area contributed by atoms with Crippen molar-refractivity contribution in [3.05, 3.63) is 107 Å². The Morgan fingerprint density at radius 3 is 2.28 bits per heavy atom. The number of carbonyl (C=O) groups excluding carboxylic acids is 1. The summed E-state index contributed by atoms with van der Waals surface area (Å²) in [5, 5.41) is 0.723. The lowest BCUT2D eigenvalue weighted by Gasteiger charge is -2.15. The third kappa shape index (κ3) is 5.48. The molecule has 0 aliphatic carbocycles. The number of para-hydroxylation sites is 1. The Kier molecular flexibility index (Phi) is 7.41. The fraction of sp³-hybridized carbons (Fsp3) is 0.185. The number of nitrogens with zero attached hydrogens (tertiary/aromatic N) is 2. The van der Waals surface area contributed by atoms with E-state index in [1.54, 1.807) is 4.90 Å². The molecule has 4 rings (SSSR count). The minimum atomic E-state index is -0.0315. The largest absolute Gasteiger partial charge is 0.493 e. The van der Waals surface area contributed by atoms with Gasteiger partial charge in [0.1, 0.15) is 5.75 Å². The highest BCUT2D eigenvalue weighted by atomic mass is 32.2. The summed E-state index contributed by atoms with van der Waals surface area (Å²) in [6.45, 7) is 3.75. The summed E-state index contributed by atoms with van der Waals surface area (Å²) in [4.78, 5) is 20.6. The van der Waals surface area contributed by atoms with Gasteiger partial charge in [-0.05, 0) is 41.5 Å². The van der Waals surface area contributed by atoms with Crippen LogP contribution in [0.5, 0.6) is 5.75 Å². The zero-order valence-electron chi connectivity index (χ0n) is 18.1. The van der Waals surface area contributed by atoms with E-state index < -0.39 is 0 Å². The molecule has 0 N–H and O–H groups in total. The van der Waals surface area contributed by atoms with Gasteiger partial charge in [0.25, 0.3) is 5.91 Å². The molecule has 1 saturated heterocycles. The van der Waals surface area contributed by atoms with Crippen molar-refractivity contribution < 1.29 is 9.53 Å². The molecule has 0 aromatic heterocycles. The molecule has 0 bridgehead atoms. The average molecular weight is 443 g/mol. The van der Waals surface area contributed by atoms with Crippen LogP contribution in [0.1, 0.15) is 30.0 Å². The van der Waals surface area contributed by atoms with Crippen LogP contribution in [0.4, 0.5) is 0 Å². The third-order valence-corrected chi connectivity index (χ3v) is 6.02. The first-order chi connectivity index (χ1) is 15.7. The molecule has 4 nitrogen and oxygen atoms in total. The Balaban J connectivity index is 1.63. The summed E-state index contributed by atoms with van der Waals surface area (Å²) in [6.07, 6.45) is 2.85. The number of thioether (sulfide) groups is 1. The lowest BCUT2D eigenvalue weighted by atomic mass is 10.1. The fourth-order valence-electron chi connectivity index (χ4n) is 3.36. The van der Waals surface area contributed by atoms with E-state index in [-0.39, 0.29) is 5.91 Å². The van der Waals surface area contributed by atoms with Gasteiger partial charge >= 0.3 is 0 Å². The van der Waals surface area contributed by atoms with Crippen LogP contribution in [-0.2, 0) is 17.9 Å². The van der Waals surface area contributed by atoms with E-state index in [1.807, 2.05) is 91.0 Å². The number of carbonyl (C=O) groups is 1. The molecule has 1 aliphatic heterocycles. The predicted octanol–water partition coefficient (Wildman–Crippen LogP) is 6.15. The van der Waals surface area contributed by atoms with Gasteiger partial charge in [-0.25, -0.2) is 0 Å². The molecule has 0 unspecified atom stereocenters. The van der Waals surface area contributed by atoms with Crippen LogP contribution in [0.25, 0.3) is 6.08 Å². The van der Waals surface area contributed by atoms with Gasteiger partial charge in [0.15, 0.2) is 5.17 Å². The Morgan fingerprint density at radius 2 is 1.56 bits per heavy atom. The molecule has 1 aliphatic rings. The van der Waals surface area contributed by atoms with Crippen LogP contribution < -0.4 is 4.74 Å². The van der Waals surface area contributed by atoms with Crippen LogP contribution in [0.2, 0.25) is 0 Å². The Bertz CT molecular complexity index is 1110. The van der Waals surface area contributed by atoms with Crippen molar-refractivity contribution in [2.24, 2.45) is 4.99 Å². The van der Waals surface area contributed by atoms with Crippen LogP contribution in [0.15, 0.2) is 94.8 Å². The van der Waals surface area contributed by atoms with E-state index in [2.05, 4.69) is 6.92 Å². The van der Waals surface area contributed by atoms with E-state index in [0.717, 1.165) is 34.0 Å². The van der Waals surface area contributed by atoms with Crippen LogP contribution >= 0.6 is 11.8 Å². The number of benzene rings is 3. The summed E-state index contributed by atoms with van der Waals surface area (Å²) >= 11 is 1.42. The highest BCUT2D eigenvalue weighted by Crippen LogP contribution is 2.35. The van der Waals surface area contributed by atoms with Gasteiger partial charge in [0.05, 0.1) is 24.6 Å². The van der Waals surface area contributed by atoms with Crippen molar-refractivity contribution in [2.75, 3.05) is 6.61 Å². The lowest BCUT2D eigenvalue weighted by molar-refractivity contribution is -0.122. The molecule has 0 spiro atoms. The van der Waals surface area contributed by atoms with Crippen LogP contribution in [-0.4, -0.2) is 22.6 Å². The zero-order chi connectivity index (χ0) is 22.2. The Hall–Kier alpha value is -3.31. The average Bonchev–Trinajstić information content (AvgIpc) is 3.12. The molecule has 0 saturated carbocycles. The monoisotopic (exact) mass is 442 g/mol. The quantitative estimate of drug-likeness (QED) is 0.393. The minimum Gasteiger partial charge on any atom is -0.493 e. The molecule has 3 aromatic rings. The number of hydrogen-bond donors (Lipinski definition) is 0. The van der Waals surface area contributed by atoms with E-state index in [4.69, 9.17) is 9.73 Å². The molecule has 162 valence electrons. The number of amidine groups is 1. The first-order valence-corrected chi connectivity index (χ1v) is 11.6. The first-order valence-electron chi connectivity index (χ1n) is 10.8. The molecule has 32 heavy (non-hydrogen) atoms. The zero-order valence-corrected chi connectivity index (χ0v) is 18.9.